The van der Waals surface area contributed by atoms with Gasteiger partial charge in [0.15, 0.2) is 0 Å². The third-order valence-corrected chi connectivity index (χ3v) is 3.92. The molecule has 0 aliphatic carbocycles. The number of Topliss-reactive ketones (excluding diaryl/α,β-unsaturated/α-hetero) is 1. The van der Waals surface area contributed by atoms with E-state index in [0.717, 1.165) is 24.3 Å². The van der Waals surface area contributed by atoms with Crippen LogP contribution in [0.5, 0.6) is 0 Å². The smallest absolute Gasteiger partial charge is 0.291 e. The van der Waals surface area contributed by atoms with Gasteiger partial charge in [0.05, 0.1) is 17.9 Å². The second-order valence-electron chi connectivity index (χ2n) is 5.40. The largest absolute Gasteiger partial charge is 0.300 e. The molecule has 0 unspecified atom stereocenters. The molecule has 3 rings (SSSR count). The van der Waals surface area contributed by atoms with Crippen molar-refractivity contribution in [3.63, 3.8) is 0 Å². The van der Waals surface area contributed by atoms with E-state index < -0.39 is 0 Å². The van der Waals surface area contributed by atoms with Gasteiger partial charge in [-0.05, 0) is 45.0 Å². The second kappa shape index (κ2) is 4.78. The lowest BCUT2D eigenvalue weighted by atomic mass is 10.1. The molecule has 2 aliphatic heterocycles. The monoisotopic (exact) mass is 258 g/mol. The van der Waals surface area contributed by atoms with Crippen LogP contribution in [0, 0.1) is 6.92 Å². The zero-order valence-electron chi connectivity index (χ0n) is 11.2. The van der Waals surface area contributed by atoms with Gasteiger partial charge in [-0.1, -0.05) is 18.1 Å². The van der Waals surface area contributed by atoms with Crippen molar-refractivity contribution in [2.75, 3.05) is 24.7 Å². The average Bonchev–Trinajstić information content (AvgIpc) is 2.65. The Morgan fingerprint density at radius 1 is 1.11 bits per heavy atom. The van der Waals surface area contributed by atoms with Crippen LogP contribution in [0.2, 0.25) is 0 Å². The zero-order valence-corrected chi connectivity index (χ0v) is 11.2. The summed E-state index contributed by atoms with van der Waals surface area (Å²) in [6.07, 6.45) is 3.62. The summed E-state index contributed by atoms with van der Waals surface area (Å²) in [5.41, 5.74) is 2.34. The molecule has 0 N–H and O–H groups in total. The predicted octanol–water partition coefficient (Wildman–Crippen LogP) is 1.97. The molecule has 1 fully saturated rings. The van der Waals surface area contributed by atoms with Crippen LogP contribution >= 0.6 is 0 Å². The molecule has 0 bridgehead atoms. The summed E-state index contributed by atoms with van der Waals surface area (Å²) in [7, 11) is 0. The van der Waals surface area contributed by atoms with Crippen molar-refractivity contribution in [3.8, 4) is 0 Å². The summed E-state index contributed by atoms with van der Waals surface area (Å²) in [5, 5.41) is 0. The summed E-state index contributed by atoms with van der Waals surface area (Å²) in [5.74, 6) is -0.748. The molecule has 0 radical (unpaired) electrons. The van der Waals surface area contributed by atoms with Crippen LogP contribution in [0.4, 0.5) is 5.69 Å². The molecular formula is C15H18N2O2. The van der Waals surface area contributed by atoms with Crippen molar-refractivity contribution in [1.82, 2.24) is 4.90 Å². The molecule has 2 heterocycles. The second-order valence-corrected chi connectivity index (χ2v) is 5.40. The Morgan fingerprint density at radius 2 is 1.84 bits per heavy atom. The molecule has 1 amide bonds. The first-order valence-electron chi connectivity index (χ1n) is 6.86. The highest BCUT2D eigenvalue weighted by Crippen LogP contribution is 2.30. The number of rotatable bonds is 2. The van der Waals surface area contributed by atoms with E-state index in [1.807, 2.05) is 25.1 Å². The lowest BCUT2D eigenvalue weighted by Gasteiger charge is -2.30. The third-order valence-electron chi connectivity index (χ3n) is 3.92. The number of carbonyl (C=O) groups is 2. The number of likely N-dealkylation sites (tertiary alicyclic amines) is 1. The first-order chi connectivity index (χ1) is 9.16. The normalized spacial score (nSPS) is 19.9. The number of aryl methyl sites for hydroxylation is 1. The number of ketones is 1. The fraction of sp³-hybridized carbons (Fsp3) is 0.467. The number of hydrogen-bond acceptors (Lipinski definition) is 3. The van der Waals surface area contributed by atoms with Crippen molar-refractivity contribution in [1.29, 1.82) is 0 Å². The molecule has 1 aromatic rings. The fourth-order valence-electron chi connectivity index (χ4n) is 2.86. The van der Waals surface area contributed by atoms with Gasteiger partial charge < -0.3 is 0 Å². The van der Waals surface area contributed by atoms with Gasteiger partial charge in [0.2, 0.25) is 0 Å². The number of nitrogens with zero attached hydrogens (tertiary/aromatic N) is 2. The van der Waals surface area contributed by atoms with Crippen molar-refractivity contribution in [2.45, 2.75) is 26.2 Å². The molecule has 0 spiro atoms. The minimum atomic E-state index is -0.383. The summed E-state index contributed by atoms with van der Waals surface area (Å²) < 4.78 is 0. The SMILES string of the molecule is Cc1ccc2c(c1)C(=O)C(=O)N2CN1CCCCC1. The lowest BCUT2D eigenvalue weighted by molar-refractivity contribution is -0.114. The molecule has 0 aromatic heterocycles. The van der Waals surface area contributed by atoms with Crippen LogP contribution in [0.25, 0.3) is 0 Å². The molecule has 19 heavy (non-hydrogen) atoms. The molecule has 4 nitrogen and oxygen atoms in total. The van der Waals surface area contributed by atoms with Crippen LogP contribution in [0.1, 0.15) is 35.2 Å². The lowest BCUT2D eigenvalue weighted by Crippen LogP contribution is -2.43. The summed E-state index contributed by atoms with van der Waals surface area (Å²) in [4.78, 5) is 28.0. The van der Waals surface area contributed by atoms with Gasteiger partial charge in [-0.3, -0.25) is 19.4 Å². The van der Waals surface area contributed by atoms with Gasteiger partial charge >= 0.3 is 5.91 Å². The average molecular weight is 258 g/mol. The van der Waals surface area contributed by atoms with E-state index in [9.17, 15) is 9.59 Å². The van der Waals surface area contributed by atoms with E-state index in [1.54, 1.807) is 4.90 Å². The summed E-state index contributed by atoms with van der Waals surface area (Å²) in [6, 6.07) is 5.65. The Hall–Kier alpha value is -1.68. The quantitative estimate of drug-likeness (QED) is 0.761. The Balaban J connectivity index is 1.86. The molecule has 0 saturated carbocycles. The Morgan fingerprint density at radius 3 is 2.58 bits per heavy atom. The first-order valence-corrected chi connectivity index (χ1v) is 6.86. The maximum Gasteiger partial charge on any atom is 0.300 e. The number of carbonyl (C=O) groups excluding carboxylic acids is 2. The molecule has 0 atom stereocenters. The topological polar surface area (TPSA) is 40.6 Å². The predicted molar refractivity (Wildman–Crippen MR) is 73.3 cm³/mol. The standard InChI is InChI=1S/C15H18N2O2/c1-11-5-6-13-12(9-11)14(18)15(19)17(13)10-16-7-3-2-4-8-16/h5-6,9H,2-4,7-8,10H2,1H3. The van der Waals surface area contributed by atoms with E-state index >= 15 is 0 Å². The fourth-order valence-corrected chi connectivity index (χ4v) is 2.86. The molecule has 1 aromatic carbocycles. The highest BCUT2D eigenvalue weighted by atomic mass is 16.2. The molecular weight excluding hydrogens is 240 g/mol. The van der Waals surface area contributed by atoms with Crippen LogP contribution in [-0.2, 0) is 4.79 Å². The van der Waals surface area contributed by atoms with Crippen molar-refractivity contribution >= 4 is 17.4 Å². The number of fused-ring (bicyclic) bond motifs is 1. The van der Waals surface area contributed by atoms with Crippen molar-refractivity contribution in [2.24, 2.45) is 0 Å². The Bertz CT molecular complexity index is 533. The molecule has 100 valence electrons. The number of anilines is 1. The zero-order chi connectivity index (χ0) is 13.4. The maximum absolute atomic E-state index is 12.1. The van der Waals surface area contributed by atoms with Crippen LogP contribution in [0.15, 0.2) is 18.2 Å². The number of amides is 1. The van der Waals surface area contributed by atoms with Crippen LogP contribution < -0.4 is 4.90 Å². The minimum Gasteiger partial charge on any atom is -0.291 e. The van der Waals surface area contributed by atoms with Crippen LogP contribution in [0.3, 0.4) is 0 Å². The van der Waals surface area contributed by atoms with Crippen molar-refractivity contribution in [3.05, 3.63) is 29.3 Å². The summed E-state index contributed by atoms with van der Waals surface area (Å²) in [6.45, 7) is 4.50. The van der Waals surface area contributed by atoms with E-state index in [-0.39, 0.29) is 11.7 Å². The maximum atomic E-state index is 12.1. The van der Waals surface area contributed by atoms with Gasteiger partial charge in [0, 0.05) is 0 Å². The molecule has 4 heteroatoms. The van der Waals surface area contributed by atoms with Gasteiger partial charge in [-0.25, -0.2) is 0 Å². The highest BCUT2D eigenvalue weighted by molar-refractivity contribution is 6.52. The summed E-state index contributed by atoms with van der Waals surface area (Å²) >= 11 is 0. The van der Waals surface area contributed by atoms with E-state index in [2.05, 4.69) is 4.90 Å². The molecule has 1 saturated heterocycles. The van der Waals surface area contributed by atoms with E-state index in [0.29, 0.717) is 12.2 Å². The van der Waals surface area contributed by atoms with E-state index in [4.69, 9.17) is 0 Å². The van der Waals surface area contributed by atoms with Gasteiger partial charge in [-0.15, -0.1) is 0 Å². The van der Waals surface area contributed by atoms with Crippen molar-refractivity contribution < 1.29 is 9.59 Å². The van der Waals surface area contributed by atoms with Gasteiger partial charge in [-0.2, -0.15) is 0 Å². The highest BCUT2D eigenvalue weighted by Gasteiger charge is 2.36. The van der Waals surface area contributed by atoms with Gasteiger partial charge in [0.1, 0.15) is 0 Å². The van der Waals surface area contributed by atoms with Gasteiger partial charge in [0.25, 0.3) is 5.78 Å². The number of piperidine rings is 1. The van der Waals surface area contributed by atoms with E-state index in [1.165, 1.54) is 19.3 Å². The number of hydrogen-bond donors (Lipinski definition) is 0. The first kappa shape index (κ1) is 12.4. The van der Waals surface area contributed by atoms with Crippen LogP contribution in [-0.4, -0.2) is 36.3 Å². The number of benzene rings is 1. The Labute approximate surface area is 113 Å². The minimum absolute atomic E-state index is 0.365. The molecule has 2 aliphatic rings. The third kappa shape index (κ3) is 2.16. The Kier molecular flexibility index (Phi) is 3.11.